The number of hydrogen-bond donors (Lipinski definition) is 4. The van der Waals surface area contributed by atoms with Crippen LogP contribution in [-0.4, -0.2) is 66.8 Å². The number of anilines is 1. The van der Waals surface area contributed by atoms with Gasteiger partial charge in [0.1, 0.15) is 11.7 Å². The van der Waals surface area contributed by atoms with Gasteiger partial charge in [0.05, 0.1) is 18.2 Å². The highest BCUT2D eigenvalue weighted by Gasteiger charge is 2.38. The van der Waals surface area contributed by atoms with Gasteiger partial charge in [-0.1, -0.05) is 25.6 Å². The van der Waals surface area contributed by atoms with E-state index in [1.807, 2.05) is 46.2 Å². The van der Waals surface area contributed by atoms with E-state index >= 15 is 0 Å². The van der Waals surface area contributed by atoms with Crippen molar-refractivity contribution in [3.8, 4) is 0 Å². The van der Waals surface area contributed by atoms with Gasteiger partial charge in [-0.2, -0.15) is 0 Å². The highest BCUT2D eigenvalue weighted by molar-refractivity contribution is 6.07. The summed E-state index contributed by atoms with van der Waals surface area (Å²) >= 11 is 0. The number of hydrogen-bond acceptors (Lipinski definition) is 7. The predicted molar refractivity (Wildman–Crippen MR) is 170 cm³/mol. The van der Waals surface area contributed by atoms with E-state index in [9.17, 15) is 0 Å². The Hall–Kier alpha value is -3.23. The van der Waals surface area contributed by atoms with Crippen molar-refractivity contribution in [3.63, 3.8) is 0 Å². The lowest BCUT2D eigenvalue weighted by molar-refractivity contribution is -0.0393. The van der Waals surface area contributed by atoms with Crippen LogP contribution in [0.15, 0.2) is 58.3 Å². The molecular formula is C32H49N7O. The number of ether oxygens (including phenoxy) is 1. The topological polar surface area (TPSA) is 97.1 Å². The second-order valence-corrected chi connectivity index (χ2v) is 11.9. The molecule has 3 rings (SSSR count). The van der Waals surface area contributed by atoms with Gasteiger partial charge in [0.25, 0.3) is 0 Å². The lowest BCUT2D eigenvalue weighted by Gasteiger charge is -2.42. The molecule has 0 spiro atoms. The SMILES string of the molecule is C=C(C=N)c1ccc(N[C@]2(C)N=CC3=C(N2)N(C(/C=C\C)=NC(C)CNC)[C@H](C)CC(C)(C)OC[C@H]3C)cc1C. The molecule has 0 aliphatic carbocycles. The van der Waals surface area contributed by atoms with E-state index in [1.165, 1.54) is 6.21 Å². The van der Waals surface area contributed by atoms with E-state index in [1.54, 1.807) is 0 Å². The average Bonchev–Trinajstić information content (AvgIpc) is 2.90. The Labute approximate surface area is 241 Å². The summed E-state index contributed by atoms with van der Waals surface area (Å²) in [4.78, 5) is 12.5. The highest BCUT2D eigenvalue weighted by Crippen LogP contribution is 2.33. The number of likely N-dealkylation sites (N-methyl/N-ethyl adjacent to an activating group) is 1. The molecule has 8 nitrogen and oxygen atoms in total. The van der Waals surface area contributed by atoms with Crippen LogP contribution in [0, 0.1) is 18.3 Å². The van der Waals surface area contributed by atoms with E-state index in [4.69, 9.17) is 20.1 Å². The second kappa shape index (κ2) is 13.0. The summed E-state index contributed by atoms with van der Waals surface area (Å²) in [5.41, 5.74) is 4.43. The first-order valence-corrected chi connectivity index (χ1v) is 14.3. The first-order chi connectivity index (χ1) is 18.8. The third kappa shape index (κ3) is 7.49. The maximum absolute atomic E-state index is 7.57. The molecule has 0 radical (unpaired) electrons. The number of aliphatic imine (C=N–C) groups is 2. The molecule has 0 aromatic heterocycles. The smallest absolute Gasteiger partial charge is 0.203 e. The van der Waals surface area contributed by atoms with Crippen molar-refractivity contribution in [1.29, 1.82) is 5.41 Å². The number of allylic oxidation sites excluding steroid dienone is 2. The van der Waals surface area contributed by atoms with Crippen LogP contribution in [0.1, 0.15) is 66.0 Å². The minimum absolute atomic E-state index is 0.0962. The quantitative estimate of drug-likeness (QED) is 0.246. The molecule has 1 aromatic carbocycles. The van der Waals surface area contributed by atoms with Crippen LogP contribution >= 0.6 is 0 Å². The minimum atomic E-state index is -0.801. The molecule has 1 unspecified atom stereocenters. The molecule has 1 aromatic rings. The molecule has 40 heavy (non-hydrogen) atoms. The number of amidine groups is 1. The summed E-state index contributed by atoms with van der Waals surface area (Å²) in [5, 5.41) is 18.2. The molecule has 0 saturated heterocycles. The molecule has 2 heterocycles. The zero-order valence-electron chi connectivity index (χ0n) is 25.9. The zero-order chi connectivity index (χ0) is 29.7. The van der Waals surface area contributed by atoms with Crippen molar-refractivity contribution in [2.45, 2.75) is 85.3 Å². The van der Waals surface area contributed by atoms with Crippen LogP contribution in [0.25, 0.3) is 5.57 Å². The van der Waals surface area contributed by atoms with Crippen molar-refractivity contribution < 1.29 is 4.74 Å². The molecule has 4 atom stereocenters. The largest absolute Gasteiger partial charge is 0.375 e. The molecule has 0 fully saturated rings. The van der Waals surface area contributed by atoms with Gasteiger partial charge in [-0.25, -0.2) is 4.99 Å². The average molecular weight is 548 g/mol. The zero-order valence-corrected chi connectivity index (χ0v) is 25.9. The fourth-order valence-corrected chi connectivity index (χ4v) is 5.44. The van der Waals surface area contributed by atoms with Gasteiger partial charge in [-0.15, -0.1) is 0 Å². The van der Waals surface area contributed by atoms with Crippen LogP contribution in [0.5, 0.6) is 0 Å². The van der Waals surface area contributed by atoms with E-state index in [2.05, 4.69) is 80.3 Å². The fraction of sp³-hybridized carbons (Fsp3) is 0.531. The molecule has 0 amide bonds. The molecule has 8 heteroatoms. The standard InChI is InChI=1S/C32H49N7O/c1-11-12-29(36-24(5)18-34-10)39-25(6)16-31(7,8)40-20-23(4)28-19-35-32(9,38-30(28)39)37-26-13-14-27(21(2)15-26)22(3)17-33/h11-15,17,19,23-25,33-34,37-38H,3,16,18,20H2,1-2,4-10H3/b12-11-,33-17?,36-29?/t23-,24?,25-,32+/m1/s1. The third-order valence-corrected chi connectivity index (χ3v) is 7.37. The lowest BCUT2D eigenvalue weighted by atomic mass is 9.98. The van der Waals surface area contributed by atoms with Crippen molar-refractivity contribution in [3.05, 3.63) is 59.5 Å². The summed E-state index contributed by atoms with van der Waals surface area (Å²) in [6.45, 7) is 22.4. The Morgan fingerprint density at radius 3 is 2.70 bits per heavy atom. The van der Waals surface area contributed by atoms with E-state index < -0.39 is 5.79 Å². The van der Waals surface area contributed by atoms with Crippen LogP contribution in [0.3, 0.4) is 0 Å². The first-order valence-electron chi connectivity index (χ1n) is 14.3. The van der Waals surface area contributed by atoms with Crippen LogP contribution in [0.2, 0.25) is 0 Å². The number of aryl methyl sites for hydroxylation is 1. The van der Waals surface area contributed by atoms with Gasteiger partial charge in [0.2, 0.25) is 5.79 Å². The summed E-state index contributed by atoms with van der Waals surface area (Å²) in [6, 6.07) is 6.28. The normalized spacial score (nSPS) is 25.9. The van der Waals surface area contributed by atoms with Crippen molar-refractivity contribution >= 4 is 29.5 Å². The Morgan fingerprint density at radius 2 is 2.08 bits per heavy atom. The first kappa shape index (κ1) is 31.3. The van der Waals surface area contributed by atoms with Gasteiger partial charge in [0.15, 0.2) is 0 Å². The van der Waals surface area contributed by atoms with Gasteiger partial charge in [0, 0.05) is 42.2 Å². The van der Waals surface area contributed by atoms with Gasteiger partial charge in [-0.3, -0.25) is 4.99 Å². The maximum Gasteiger partial charge on any atom is 0.203 e. The maximum atomic E-state index is 7.57. The van der Waals surface area contributed by atoms with Crippen LogP contribution in [0.4, 0.5) is 5.69 Å². The van der Waals surface area contributed by atoms with Crippen molar-refractivity contribution in [2.24, 2.45) is 15.9 Å². The molecule has 2 aliphatic rings. The van der Waals surface area contributed by atoms with Gasteiger partial charge in [-0.05, 0) is 96.8 Å². The third-order valence-electron chi connectivity index (χ3n) is 7.37. The minimum Gasteiger partial charge on any atom is -0.375 e. The molecule has 218 valence electrons. The highest BCUT2D eigenvalue weighted by atomic mass is 16.5. The Morgan fingerprint density at radius 1 is 1.35 bits per heavy atom. The Bertz CT molecular complexity index is 1210. The molecule has 0 bridgehead atoms. The predicted octanol–water partition coefficient (Wildman–Crippen LogP) is 5.74. The van der Waals surface area contributed by atoms with Gasteiger partial charge >= 0.3 is 0 Å². The van der Waals surface area contributed by atoms with E-state index in [0.29, 0.717) is 12.2 Å². The molecular weight excluding hydrogens is 498 g/mol. The molecule has 4 N–H and O–H groups in total. The van der Waals surface area contributed by atoms with Crippen molar-refractivity contribution in [1.82, 2.24) is 15.5 Å². The second-order valence-electron chi connectivity index (χ2n) is 11.9. The number of rotatable bonds is 8. The number of benzene rings is 1. The fourth-order valence-electron chi connectivity index (χ4n) is 5.44. The van der Waals surface area contributed by atoms with E-state index in [0.717, 1.165) is 47.0 Å². The monoisotopic (exact) mass is 547 g/mol. The van der Waals surface area contributed by atoms with Crippen LogP contribution < -0.4 is 16.0 Å². The number of nitrogens with one attached hydrogen (secondary N) is 4. The van der Waals surface area contributed by atoms with Crippen LogP contribution in [-0.2, 0) is 4.74 Å². The summed E-state index contributed by atoms with van der Waals surface area (Å²) < 4.78 is 6.43. The summed E-state index contributed by atoms with van der Waals surface area (Å²) in [6.07, 6.45) is 8.26. The molecule has 2 aliphatic heterocycles. The van der Waals surface area contributed by atoms with E-state index in [-0.39, 0.29) is 23.6 Å². The van der Waals surface area contributed by atoms with Crippen molar-refractivity contribution in [2.75, 3.05) is 25.5 Å². The Kier molecular flexibility index (Phi) is 10.1. The number of nitrogens with zero attached hydrogens (tertiary/aromatic N) is 3. The Balaban J connectivity index is 2.09. The molecule has 0 saturated carbocycles. The summed E-state index contributed by atoms with van der Waals surface area (Å²) in [5.74, 6) is 1.22. The summed E-state index contributed by atoms with van der Waals surface area (Å²) in [7, 11) is 1.96. The van der Waals surface area contributed by atoms with Gasteiger partial charge < -0.3 is 31.0 Å². The lowest BCUT2D eigenvalue weighted by Crippen LogP contribution is -2.56.